The second-order valence-electron chi connectivity index (χ2n) is 5.60. The van der Waals surface area contributed by atoms with Gasteiger partial charge in [-0.15, -0.1) is 0 Å². The van der Waals surface area contributed by atoms with E-state index in [1.165, 1.54) is 0 Å². The Balaban J connectivity index is 1.94. The minimum atomic E-state index is 0.245. The smallest absolute Gasteiger partial charge is 0.120 e. The zero-order valence-electron chi connectivity index (χ0n) is 10.7. The lowest BCUT2D eigenvalue weighted by Crippen LogP contribution is -2.40. The fourth-order valence-electron chi connectivity index (χ4n) is 2.17. The maximum absolute atomic E-state index is 6.01. The molecule has 1 aromatic carbocycles. The van der Waals surface area contributed by atoms with E-state index in [0.717, 1.165) is 29.7 Å². The molecule has 0 amide bonds. The molecule has 1 fully saturated rings. The summed E-state index contributed by atoms with van der Waals surface area (Å²) in [5, 5.41) is 0. The van der Waals surface area contributed by atoms with Crippen LogP contribution in [0.25, 0.3) is 0 Å². The van der Waals surface area contributed by atoms with Crippen molar-refractivity contribution in [2.75, 3.05) is 13.1 Å². The van der Waals surface area contributed by atoms with Crippen molar-refractivity contribution >= 4 is 15.9 Å². The third-order valence-electron chi connectivity index (χ3n) is 3.19. The van der Waals surface area contributed by atoms with Crippen molar-refractivity contribution < 1.29 is 4.74 Å². The molecule has 0 saturated carbocycles. The summed E-state index contributed by atoms with van der Waals surface area (Å²) >= 11 is 3.46. The van der Waals surface area contributed by atoms with Gasteiger partial charge in [-0.25, -0.2) is 0 Å². The van der Waals surface area contributed by atoms with Crippen LogP contribution in [0.2, 0.25) is 0 Å². The van der Waals surface area contributed by atoms with Crippen LogP contribution in [0.4, 0.5) is 0 Å². The molecule has 17 heavy (non-hydrogen) atoms. The Morgan fingerprint density at radius 1 is 1.35 bits per heavy atom. The van der Waals surface area contributed by atoms with Crippen LogP contribution >= 0.6 is 15.9 Å². The Bertz CT molecular complexity index is 386. The van der Waals surface area contributed by atoms with Crippen molar-refractivity contribution in [2.24, 2.45) is 0 Å². The van der Waals surface area contributed by atoms with E-state index in [1.54, 1.807) is 0 Å². The summed E-state index contributed by atoms with van der Waals surface area (Å²) in [5.74, 6) is 0.958. The quantitative estimate of drug-likeness (QED) is 0.825. The molecule has 0 aromatic heterocycles. The highest BCUT2D eigenvalue weighted by molar-refractivity contribution is 9.10. The number of hydrogen-bond acceptors (Lipinski definition) is 2. The highest BCUT2D eigenvalue weighted by Crippen LogP contribution is 2.25. The first kappa shape index (κ1) is 12.9. The minimum absolute atomic E-state index is 0.245. The normalized spacial score (nSPS) is 21.8. The number of halogens is 1. The van der Waals surface area contributed by atoms with E-state index in [4.69, 9.17) is 4.74 Å². The second kappa shape index (κ2) is 4.99. The summed E-state index contributed by atoms with van der Waals surface area (Å²) in [7, 11) is 0. The summed E-state index contributed by atoms with van der Waals surface area (Å²) in [6.07, 6.45) is 1.44. The topological polar surface area (TPSA) is 12.5 Å². The first-order valence-electron chi connectivity index (χ1n) is 6.12. The summed E-state index contributed by atoms with van der Waals surface area (Å²) in [6.45, 7) is 8.93. The van der Waals surface area contributed by atoms with E-state index in [0.29, 0.717) is 6.10 Å². The Kier molecular flexibility index (Phi) is 3.79. The van der Waals surface area contributed by atoms with Gasteiger partial charge in [0, 0.05) is 23.1 Å². The van der Waals surface area contributed by atoms with Crippen LogP contribution in [-0.4, -0.2) is 29.6 Å². The molecule has 1 unspecified atom stereocenters. The maximum atomic E-state index is 6.01. The molecule has 1 saturated heterocycles. The van der Waals surface area contributed by atoms with E-state index in [2.05, 4.69) is 41.6 Å². The fraction of sp³-hybridized carbons (Fsp3) is 0.571. The standard InChI is InChI=1S/C14H20BrNO/c1-14(2,3)16-8-7-13(10-16)17-12-6-4-5-11(15)9-12/h4-6,9,13H,7-8,10H2,1-3H3. The van der Waals surface area contributed by atoms with Crippen molar-refractivity contribution in [2.45, 2.75) is 38.8 Å². The van der Waals surface area contributed by atoms with Crippen LogP contribution in [0.3, 0.4) is 0 Å². The second-order valence-corrected chi connectivity index (χ2v) is 6.52. The molecule has 94 valence electrons. The SMILES string of the molecule is CC(C)(C)N1CCC(Oc2cccc(Br)c2)C1. The Labute approximate surface area is 112 Å². The van der Waals surface area contributed by atoms with Crippen molar-refractivity contribution in [1.82, 2.24) is 4.90 Å². The van der Waals surface area contributed by atoms with Gasteiger partial charge in [-0.3, -0.25) is 4.90 Å². The first-order valence-corrected chi connectivity index (χ1v) is 6.92. The number of likely N-dealkylation sites (tertiary alicyclic amines) is 1. The summed E-state index contributed by atoms with van der Waals surface area (Å²) in [5.41, 5.74) is 0.245. The van der Waals surface area contributed by atoms with Crippen LogP contribution in [-0.2, 0) is 0 Å². The van der Waals surface area contributed by atoms with Crippen LogP contribution in [0.1, 0.15) is 27.2 Å². The Hall–Kier alpha value is -0.540. The zero-order chi connectivity index (χ0) is 12.5. The minimum Gasteiger partial charge on any atom is -0.489 e. The lowest BCUT2D eigenvalue weighted by Gasteiger charge is -2.31. The molecule has 1 aliphatic heterocycles. The van der Waals surface area contributed by atoms with E-state index >= 15 is 0 Å². The van der Waals surface area contributed by atoms with Gasteiger partial charge in [0.15, 0.2) is 0 Å². The van der Waals surface area contributed by atoms with Gasteiger partial charge in [0.2, 0.25) is 0 Å². The monoisotopic (exact) mass is 297 g/mol. The lowest BCUT2D eigenvalue weighted by molar-refractivity contribution is 0.141. The Morgan fingerprint density at radius 3 is 2.71 bits per heavy atom. The zero-order valence-corrected chi connectivity index (χ0v) is 12.3. The van der Waals surface area contributed by atoms with E-state index < -0.39 is 0 Å². The number of benzene rings is 1. The molecule has 3 heteroatoms. The molecule has 0 N–H and O–H groups in total. The fourth-order valence-corrected chi connectivity index (χ4v) is 2.54. The summed E-state index contributed by atoms with van der Waals surface area (Å²) < 4.78 is 7.08. The van der Waals surface area contributed by atoms with Crippen molar-refractivity contribution in [3.05, 3.63) is 28.7 Å². The van der Waals surface area contributed by atoms with Gasteiger partial charge in [0.1, 0.15) is 11.9 Å². The molecule has 1 aliphatic rings. The molecular formula is C14H20BrNO. The van der Waals surface area contributed by atoms with Gasteiger partial charge >= 0.3 is 0 Å². The van der Waals surface area contributed by atoms with Gasteiger partial charge in [-0.05, 0) is 45.4 Å². The van der Waals surface area contributed by atoms with Gasteiger partial charge in [-0.2, -0.15) is 0 Å². The van der Waals surface area contributed by atoms with Crippen LogP contribution < -0.4 is 4.74 Å². The third-order valence-corrected chi connectivity index (χ3v) is 3.69. The first-order chi connectivity index (χ1) is 7.95. The maximum Gasteiger partial charge on any atom is 0.120 e. The van der Waals surface area contributed by atoms with Crippen molar-refractivity contribution in [3.63, 3.8) is 0 Å². The average molecular weight is 298 g/mol. The largest absolute Gasteiger partial charge is 0.489 e. The Morgan fingerprint density at radius 2 is 2.12 bits per heavy atom. The highest BCUT2D eigenvalue weighted by Gasteiger charge is 2.31. The van der Waals surface area contributed by atoms with Crippen LogP contribution in [0.15, 0.2) is 28.7 Å². The van der Waals surface area contributed by atoms with Crippen molar-refractivity contribution in [3.8, 4) is 5.75 Å². The van der Waals surface area contributed by atoms with Gasteiger partial charge in [0.25, 0.3) is 0 Å². The lowest BCUT2D eigenvalue weighted by atomic mass is 10.1. The number of nitrogens with zero attached hydrogens (tertiary/aromatic N) is 1. The number of rotatable bonds is 2. The van der Waals surface area contributed by atoms with Gasteiger partial charge in [0.05, 0.1) is 0 Å². The number of ether oxygens (including phenoxy) is 1. The highest BCUT2D eigenvalue weighted by atomic mass is 79.9. The van der Waals surface area contributed by atoms with E-state index in [-0.39, 0.29) is 5.54 Å². The predicted molar refractivity (Wildman–Crippen MR) is 74.5 cm³/mol. The van der Waals surface area contributed by atoms with Crippen molar-refractivity contribution in [1.29, 1.82) is 0 Å². The molecule has 2 nitrogen and oxygen atoms in total. The molecule has 0 aliphatic carbocycles. The molecule has 1 aromatic rings. The molecule has 2 rings (SSSR count). The van der Waals surface area contributed by atoms with Gasteiger partial charge < -0.3 is 4.74 Å². The van der Waals surface area contributed by atoms with Crippen LogP contribution in [0.5, 0.6) is 5.75 Å². The predicted octanol–water partition coefficient (Wildman–Crippen LogP) is 3.70. The average Bonchev–Trinajstić information content (AvgIpc) is 2.65. The molecular weight excluding hydrogens is 278 g/mol. The summed E-state index contributed by atoms with van der Waals surface area (Å²) in [6, 6.07) is 8.07. The van der Waals surface area contributed by atoms with Crippen LogP contribution in [0, 0.1) is 0 Å². The van der Waals surface area contributed by atoms with E-state index in [1.807, 2.05) is 24.3 Å². The molecule has 0 spiro atoms. The number of hydrogen-bond donors (Lipinski definition) is 0. The summed E-state index contributed by atoms with van der Waals surface area (Å²) in [4.78, 5) is 2.48. The third kappa shape index (κ3) is 3.46. The van der Waals surface area contributed by atoms with E-state index in [9.17, 15) is 0 Å². The molecule has 0 radical (unpaired) electrons. The molecule has 0 bridgehead atoms. The van der Waals surface area contributed by atoms with Gasteiger partial charge in [-0.1, -0.05) is 22.0 Å². The molecule has 1 atom stereocenters. The molecule has 1 heterocycles.